The first-order valence-corrected chi connectivity index (χ1v) is 8.95. The minimum Gasteiger partial charge on any atom is -0.312 e. The Kier molecular flexibility index (Phi) is 6.00. The molecular formula is C16H29N3S. The van der Waals surface area contributed by atoms with E-state index in [1.165, 1.54) is 43.8 Å². The summed E-state index contributed by atoms with van der Waals surface area (Å²) in [4.78, 5) is 7.21. The normalized spacial score (nSPS) is 21.6. The van der Waals surface area contributed by atoms with Crippen LogP contribution in [0.4, 0.5) is 0 Å². The van der Waals surface area contributed by atoms with Gasteiger partial charge in [0.25, 0.3) is 0 Å². The average Bonchev–Trinajstić information content (AvgIpc) is 3.00. The fraction of sp³-hybridized carbons (Fsp3) is 0.812. The van der Waals surface area contributed by atoms with E-state index in [2.05, 4.69) is 41.4 Å². The monoisotopic (exact) mass is 295 g/mol. The van der Waals surface area contributed by atoms with Crippen LogP contribution in [-0.2, 0) is 6.42 Å². The van der Waals surface area contributed by atoms with Gasteiger partial charge < -0.3 is 5.32 Å². The van der Waals surface area contributed by atoms with Crippen LogP contribution in [0.25, 0.3) is 0 Å². The average molecular weight is 295 g/mol. The van der Waals surface area contributed by atoms with Gasteiger partial charge in [0.1, 0.15) is 0 Å². The molecule has 1 N–H and O–H groups in total. The van der Waals surface area contributed by atoms with Crippen molar-refractivity contribution in [1.82, 2.24) is 15.2 Å². The Morgan fingerprint density at radius 1 is 1.35 bits per heavy atom. The lowest BCUT2D eigenvalue weighted by atomic mass is 9.84. The van der Waals surface area contributed by atoms with Gasteiger partial charge in [-0.25, -0.2) is 4.98 Å². The van der Waals surface area contributed by atoms with Crippen molar-refractivity contribution in [2.24, 2.45) is 0 Å². The highest BCUT2D eigenvalue weighted by Gasteiger charge is 2.38. The molecule has 0 aromatic carbocycles. The van der Waals surface area contributed by atoms with Crippen LogP contribution in [0.5, 0.6) is 0 Å². The molecular weight excluding hydrogens is 266 g/mol. The third-order valence-corrected chi connectivity index (χ3v) is 5.66. The maximum absolute atomic E-state index is 4.49. The van der Waals surface area contributed by atoms with Crippen LogP contribution in [0.15, 0.2) is 11.6 Å². The zero-order valence-corrected chi connectivity index (χ0v) is 14.0. The first kappa shape index (κ1) is 15.9. The number of thiazole rings is 1. The van der Waals surface area contributed by atoms with E-state index in [0.29, 0.717) is 6.04 Å². The minimum atomic E-state index is 0.238. The Morgan fingerprint density at radius 3 is 2.65 bits per heavy atom. The molecule has 1 fully saturated rings. The quantitative estimate of drug-likeness (QED) is 0.836. The van der Waals surface area contributed by atoms with E-state index in [-0.39, 0.29) is 5.54 Å². The third-order valence-electron chi connectivity index (χ3n) is 4.86. The Labute approximate surface area is 127 Å². The summed E-state index contributed by atoms with van der Waals surface area (Å²) >= 11 is 1.78. The van der Waals surface area contributed by atoms with E-state index in [1.807, 2.05) is 6.20 Å². The third kappa shape index (κ3) is 3.60. The molecule has 2 heterocycles. The van der Waals surface area contributed by atoms with Crippen LogP contribution >= 0.6 is 11.3 Å². The first-order chi connectivity index (χ1) is 9.70. The van der Waals surface area contributed by atoms with Gasteiger partial charge >= 0.3 is 0 Å². The maximum Gasteiger partial charge on any atom is 0.0941 e. The second-order valence-corrected chi connectivity index (χ2v) is 6.98. The molecule has 1 saturated heterocycles. The number of rotatable bonds is 7. The summed E-state index contributed by atoms with van der Waals surface area (Å²) in [6.45, 7) is 10.5. The number of piperidine rings is 1. The van der Waals surface area contributed by atoms with Gasteiger partial charge in [0.15, 0.2) is 0 Å². The SMILES string of the molecule is CCNC(Cc1nccs1)C(C)(CC)N1CCCCC1. The fourth-order valence-electron chi connectivity index (χ4n) is 3.38. The predicted molar refractivity (Wildman–Crippen MR) is 87.4 cm³/mol. The number of nitrogens with zero attached hydrogens (tertiary/aromatic N) is 2. The molecule has 0 bridgehead atoms. The van der Waals surface area contributed by atoms with Crippen LogP contribution in [0, 0.1) is 0 Å². The number of aromatic nitrogens is 1. The molecule has 114 valence electrons. The van der Waals surface area contributed by atoms with Crippen molar-refractivity contribution in [3.05, 3.63) is 16.6 Å². The second kappa shape index (κ2) is 7.53. The summed E-state index contributed by atoms with van der Waals surface area (Å²) in [7, 11) is 0. The molecule has 1 aromatic heterocycles. The van der Waals surface area contributed by atoms with Crippen molar-refractivity contribution < 1.29 is 0 Å². The smallest absolute Gasteiger partial charge is 0.0941 e. The number of hydrogen-bond donors (Lipinski definition) is 1. The molecule has 3 nitrogen and oxygen atoms in total. The lowest BCUT2D eigenvalue weighted by molar-refractivity contribution is 0.0434. The lowest BCUT2D eigenvalue weighted by Gasteiger charge is -2.48. The van der Waals surface area contributed by atoms with Crippen molar-refractivity contribution in [2.45, 2.75) is 64.5 Å². The molecule has 2 unspecified atom stereocenters. The number of nitrogens with one attached hydrogen (secondary N) is 1. The van der Waals surface area contributed by atoms with Crippen molar-refractivity contribution in [3.8, 4) is 0 Å². The summed E-state index contributed by atoms with van der Waals surface area (Å²) < 4.78 is 0. The highest BCUT2D eigenvalue weighted by Crippen LogP contribution is 2.29. The molecule has 1 aliphatic rings. The van der Waals surface area contributed by atoms with E-state index in [0.717, 1.165) is 13.0 Å². The Morgan fingerprint density at radius 2 is 2.10 bits per heavy atom. The standard InChI is InChI=1S/C16H29N3S/c1-4-16(3,19-10-7-6-8-11-19)14(17-5-2)13-15-18-9-12-20-15/h9,12,14,17H,4-8,10-11,13H2,1-3H3. The summed E-state index contributed by atoms with van der Waals surface area (Å²) in [6.07, 6.45) is 8.27. The second-order valence-electron chi connectivity index (χ2n) is 6.00. The molecule has 20 heavy (non-hydrogen) atoms. The molecule has 0 radical (unpaired) electrons. The van der Waals surface area contributed by atoms with Crippen molar-refractivity contribution in [3.63, 3.8) is 0 Å². The number of likely N-dealkylation sites (tertiary alicyclic amines) is 1. The maximum atomic E-state index is 4.49. The van der Waals surface area contributed by atoms with Crippen molar-refractivity contribution in [2.75, 3.05) is 19.6 Å². The van der Waals surface area contributed by atoms with E-state index < -0.39 is 0 Å². The highest BCUT2D eigenvalue weighted by atomic mass is 32.1. The van der Waals surface area contributed by atoms with Crippen LogP contribution in [-0.4, -0.2) is 41.1 Å². The molecule has 0 aliphatic carbocycles. The van der Waals surface area contributed by atoms with Gasteiger partial charge in [-0.05, 0) is 45.8 Å². The Balaban J connectivity index is 2.13. The van der Waals surface area contributed by atoms with Crippen molar-refractivity contribution in [1.29, 1.82) is 0 Å². The van der Waals surface area contributed by atoms with E-state index in [9.17, 15) is 0 Å². The van der Waals surface area contributed by atoms with Gasteiger partial charge in [0.2, 0.25) is 0 Å². The fourth-order valence-corrected chi connectivity index (χ4v) is 4.05. The zero-order valence-electron chi connectivity index (χ0n) is 13.2. The highest BCUT2D eigenvalue weighted by molar-refractivity contribution is 7.09. The number of hydrogen-bond acceptors (Lipinski definition) is 4. The lowest BCUT2D eigenvalue weighted by Crippen LogP contribution is -2.61. The molecule has 1 aliphatic heterocycles. The van der Waals surface area contributed by atoms with E-state index in [1.54, 1.807) is 11.3 Å². The van der Waals surface area contributed by atoms with Crippen LogP contribution in [0.3, 0.4) is 0 Å². The molecule has 1 aromatic rings. The van der Waals surface area contributed by atoms with Crippen LogP contribution in [0.2, 0.25) is 0 Å². The molecule has 0 amide bonds. The molecule has 2 atom stereocenters. The summed E-state index contributed by atoms with van der Waals surface area (Å²) in [5.74, 6) is 0. The van der Waals surface area contributed by atoms with Gasteiger partial charge in [0, 0.05) is 29.6 Å². The van der Waals surface area contributed by atoms with Gasteiger partial charge in [-0.3, -0.25) is 4.90 Å². The Hall–Kier alpha value is -0.450. The predicted octanol–water partition coefficient (Wildman–Crippen LogP) is 3.32. The number of likely N-dealkylation sites (N-methyl/N-ethyl adjacent to an activating group) is 1. The summed E-state index contributed by atoms with van der Waals surface area (Å²) in [5, 5.41) is 7.08. The summed E-state index contributed by atoms with van der Waals surface area (Å²) in [6, 6.07) is 0.488. The Bertz CT molecular complexity index is 373. The molecule has 4 heteroatoms. The zero-order chi connectivity index (χ0) is 14.4. The largest absolute Gasteiger partial charge is 0.312 e. The van der Waals surface area contributed by atoms with Gasteiger partial charge in [0.05, 0.1) is 5.01 Å². The van der Waals surface area contributed by atoms with Crippen molar-refractivity contribution >= 4 is 11.3 Å². The topological polar surface area (TPSA) is 28.2 Å². The minimum absolute atomic E-state index is 0.238. The van der Waals surface area contributed by atoms with E-state index >= 15 is 0 Å². The molecule has 0 saturated carbocycles. The van der Waals surface area contributed by atoms with Crippen LogP contribution in [0.1, 0.15) is 51.5 Å². The van der Waals surface area contributed by atoms with Gasteiger partial charge in [-0.15, -0.1) is 11.3 Å². The first-order valence-electron chi connectivity index (χ1n) is 8.07. The molecule has 0 spiro atoms. The summed E-state index contributed by atoms with van der Waals surface area (Å²) in [5.41, 5.74) is 0.238. The van der Waals surface area contributed by atoms with Gasteiger partial charge in [-0.1, -0.05) is 20.3 Å². The van der Waals surface area contributed by atoms with E-state index in [4.69, 9.17) is 0 Å². The van der Waals surface area contributed by atoms with Gasteiger partial charge in [-0.2, -0.15) is 0 Å². The molecule has 2 rings (SSSR count). The van der Waals surface area contributed by atoms with Crippen LogP contribution < -0.4 is 5.32 Å².